The summed E-state index contributed by atoms with van der Waals surface area (Å²) < 4.78 is 18.7. The largest absolute Gasteiger partial charge is 0.481 e. The van der Waals surface area contributed by atoms with E-state index in [0.29, 0.717) is 31.9 Å². The molecule has 3 rings (SSSR count). The number of hydrogen-bond acceptors (Lipinski definition) is 3. The number of aromatic amines is 1. The van der Waals surface area contributed by atoms with Crippen molar-refractivity contribution in [2.45, 2.75) is 0 Å². The van der Waals surface area contributed by atoms with Gasteiger partial charge in [0.25, 0.3) is 11.8 Å². The van der Waals surface area contributed by atoms with Gasteiger partial charge in [-0.25, -0.2) is 4.39 Å². The van der Waals surface area contributed by atoms with Gasteiger partial charge in [0, 0.05) is 32.4 Å². The van der Waals surface area contributed by atoms with Gasteiger partial charge < -0.3 is 19.5 Å². The van der Waals surface area contributed by atoms with Crippen LogP contribution in [-0.2, 0) is 4.79 Å². The number of amides is 2. The lowest BCUT2D eigenvalue weighted by molar-refractivity contribution is -0.134. The molecule has 0 atom stereocenters. The topological polar surface area (TPSA) is 65.6 Å². The lowest BCUT2D eigenvalue weighted by Gasteiger charge is -2.34. The van der Waals surface area contributed by atoms with Crippen molar-refractivity contribution < 1.29 is 18.7 Å². The molecule has 0 saturated carbocycles. The molecule has 6 nitrogen and oxygen atoms in total. The summed E-state index contributed by atoms with van der Waals surface area (Å²) in [6, 6.07) is 9.47. The summed E-state index contributed by atoms with van der Waals surface area (Å²) in [4.78, 5) is 30.6. The first-order valence-electron chi connectivity index (χ1n) is 7.73. The molecule has 1 fully saturated rings. The Bertz CT molecular complexity index is 710. The second-order valence-corrected chi connectivity index (χ2v) is 5.48. The molecule has 7 heteroatoms. The van der Waals surface area contributed by atoms with E-state index in [-0.39, 0.29) is 24.2 Å². The van der Waals surface area contributed by atoms with Gasteiger partial charge in [0.1, 0.15) is 5.69 Å². The molecular formula is C17H18FN3O3. The van der Waals surface area contributed by atoms with Crippen LogP contribution in [0.25, 0.3) is 0 Å². The number of carbonyl (C=O) groups excluding carboxylic acids is 2. The fourth-order valence-corrected chi connectivity index (χ4v) is 2.59. The minimum absolute atomic E-state index is 0.0615. The summed E-state index contributed by atoms with van der Waals surface area (Å²) >= 11 is 0. The SMILES string of the molecule is O=C(COc1ccccc1F)N1CCN(C(=O)c2ccc[nH]2)CC1. The Morgan fingerprint density at radius 3 is 2.42 bits per heavy atom. The van der Waals surface area contributed by atoms with Crippen molar-refractivity contribution in [2.75, 3.05) is 32.8 Å². The number of nitrogens with one attached hydrogen (secondary N) is 1. The lowest BCUT2D eigenvalue weighted by Crippen LogP contribution is -2.51. The van der Waals surface area contributed by atoms with Gasteiger partial charge in [-0.05, 0) is 24.3 Å². The van der Waals surface area contributed by atoms with Crippen LogP contribution < -0.4 is 4.74 Å². The predicted molar refractivity (Wildman–Crippen MR) is 85.2 cm³/mol. The fraction of sp³-hybridized carbons (Fsp3) is 0.294. The first-order valence-corrected chi connectivity index (χ1v) is 7.73. The average molecular weight is 331 g/mol. The highest BCUT2D eigenvalue weighted by atomic mass is 19.1. The van der Waals surface area contributed by atoms with Gasteiger partial charge in [0.05, 0.1) is 0 Å². The third-order valence-electron chi connectivity index (χ3n) is 3.94. The number of ether oxygens (including phenoxy) is 1. The van der Waals surface area contributed by atoms with E-state index in [0.717, 1.165) is 0 Å². The van der Waals surface area contributed by atoms with E-state index in [1.54, 1.807) is 40.3 Å². The molecule has 0 aliphatic carbocycles. The summed E-state index contributed by atoms with van der Waals surface area (Å²) in [6.45, 7) is 1.58. The van der Waals surface area contributed by atoms with Crippen LogP contribution >= 0.6 is 0 Å². The van der Waals surface area contributed by atoms with E-state index in [4.69, 9.17) is 4.74 Å². The van der Waals surface area contributed by atoms with E-state index < -0.39 is 5.82 Å². The van der Waals surface area contributed by atoms with Crippen molar-refractivity contribution in [2.24, 2.45) is 0 Å². The number of nitrogens with zero attached hydrogens (tertiary/aromatic N) is 2. The fourth-order valence-electron chi connectivity index (χ4n) is 2.59. The van der Waals surface area contributed by atoms with Gasteiger partial charge in [-0.15, -0.1) is 0 Å². The minimum atomic E-state index is -0.494. The monoisotopic (exact) mass is 331 g/mol. The molecule has 1 aromatic heterocycles. The number of aromatic nitrogens is 1. The van der Waals surface area contributed by atoms with Crippen molar-refractivity contribution in [3.8, 4) is 5.75 Å². The van der Waals surface area contributed by atoms with E-state index in [9.17, 15) is 14.0 Å². The smallest absolute Gasteiger partial charge is 0.270 e. The molecule has 0 bridgehead atoms. The van der Waals surface area contributed by atoms with Crippen LogP contribution in [-0.4, -0.2) is 59.4 Å². The van der Waals surface area contributed by atoms with E-state index >= 15 is 0 Å². The normalized spacial score (nSPS) is 14.5. The highest BCUT2D eigenvalue weighted by Gasteiger charge is 2.25. The number of para-hydroxylation sites is 1. The van der Waals surface area contributed by atoms with Gasteiger partial charge in [-0.2, -0.15) is 0 Å². The van der Waals surface area contributed by atoms with Crippen LogP contribution in [0.3, 0.4) is 0 Å². The third kappa shape index (κ3) is 3.56. The number of rotatable bonds is 4. The second-order valence-electron chi connectivity index (χ2n) is 5.48. The zero-order chi connectivity index (χ0) is 16.9. The van der Waals surface area contributed by atoms with Crippen LogP contribution in [0.15, 0.2) is 42.6 Å². The number of piperazine rings is 1. The number of H-pyrrole nitrogens is 1. The molecule has 1 saturated heterocycles. The second kappa shape index (κ2) is 7.16. The maximum absolute atomic E-state index is 13.5. The Kier molecular flexibility index (Phi) is 4.79. The molecule has 126 valence electrons. The zero-order valence-corrected chi connectivity index (χ0v) is 13.1. The first kappa shape index (κ1) is 16.0. The number of halogens is 1. The van der Waals surface area contributed by atoms with E-state index in [1.807, 2.05) is 0 Å². The number of hydrogen-bond donors (Lipinski definition) is 1. The summed E-state index contributed by atoms with van der Waals surface area (Å²) in [6.07, 6.45) is 1.70. The Balaban J connectivity index is 1.48. The molecule has 0 radical (unpaired) electrons. The molecular weight excluding hydrogens is 313 g/mol. The molecule has 2 amide bonds. The quantitative estimate of drug-likeness (QED) is 0.924. The van der Waals surface area contributed by atoms with Crippen LogP contribution in [0.5, 0.6) is 5.75 Å². The minimum Gasteiger partial charge on any atom is -0.481 e. The molecule has 1 aliphatic heterocycles. The maximum atomic E-state index is 13.5. The maximum Gasteiger partial charge on any atom is 0.270 e. The molecule has 2 aromatic rings. The van der Waals surface area contributed by atoms with Crippen molar-refractivity contribution in [3.63, 3.8) is 0 Å². The molecule has 0 spiro atoms. The van der Waals surface area contributed by atoms with Crippen LogP contribution in [0, 0.1) is 5.82 Å². The van der Waals surface area contributed by atoms with Gasteiger partial charge in [0.2, 0.25) is 0 Å². The van der Waals surface area contributed by atoms with Crippen LogP contribution in [0.1, 0.15) is 10.5 Å². The van der Waals surface area contributed by atoms with Crippen molar-refractivity contribution in [1.82, 2.24) is 14.8 Å². The van der Waals surface area contributed by atoms with Crippen molar-refractivity contribution >= 4 is 11.8 Å². The Hall–Kier alpha value is -2.83. The predicted octanol–water partition coefficient (Wildman–Crippen LogP) is 1.52. The highest BCUT2D eigenvalue weighted by molar-refractivity contribution is 5.92. The molecule has 1 aromatic carbocycles. The molecule has 1 N–H and O–H groups in total. The van der Waals surface area contributed by atoms with Crippen molar-refractivity contribution in [1.29, 1.82) is 0 Å². The van der Waals surface area contributed by atoms with Gasteiger partial charge in [-0.1, -0.05) is 12.1 Å². The summed E-state index contributed by atoms with van der Waals surface area (Å²) in [5.41, 5.74) is 0.540. The Labute approximate surface area is 138 Å². The zero-order valence-electron chi connectivity index (χ0n) is 13.1. The summed E-state index contributed by atoms with van der Waals surface area (Å²) in [5, 5.41) is 0. The Morgan fingerprint density at radius 2 is 1.75 bits per heavy atom. The number of carbonyl (C=O) groups is 2. The van der Waals surface area contributed by atoms with Gasteiger partial charge in [-0.3, -0.25) is 9.59 Å². The molecule has 0 unspecified atom stereocenters. The lowest BCUT2D eigenvalue weighted by atomic mass is 10.2. The first-order chi connectivity index (χ1) is 11.6. The summed E-state index contributed by atoms with van der Waals surface area (Å²) in [7, 11) is 0. The van der Waals surface area contributed by atoms with Crippen LogP contribution in [0.4, 0.5) is 4.39 Å². The number of benzene rings is 1. The standard InChI is InChI=1S/C17H18FN3O3/c18-13-4-1-2-6-15(13)24-12-16(22)20-8-10-21(11-9-20)17(23)14-5-3-7-19-14/h1-7,19H,8-12H2. The Morgan fingerprint density at radius 1 is 1.04 bits per heavy atom. The van der Waals surface area contributed by atoms with E-state index in [1.165, 1.54) is 12.1 Å². The average Bonchev–Trinajstić information content (AvgIpc) is 3.15. The highest BCUT2D eigenvalue weighted by Crippen LogP contribution is 2.15. The molecule has 1 aliphatic rings. The van der Waals surface area contributed by atoms with Crippen LogP contribution in [0.2, 0.25) is 0 Å². The third-order valence-corrected chi connectivity index (χ3v) is 3.94. The molecule has 24 heavy (non-hydrogen) atoms. The molecule has 2 heterocycles. The van der Waals surface area contributed by atoms with Crippen molar-refractivity contribution in [3.05, 3.63) is 54.1 Å². The van der Waals surface area contributed by atoms with Gasteiger partial charge >= 0.3 is 0 Å². The van der Waals surface area contributed by atoms with E-state index in [2.05, 4.69) is 4.98 Å². The summed E-state index contributed by atoms with van der Waals surface area (Å²) in [5.74, 6) is -0.724. The van der Waals surface area contributed by atoms with Gasteiger partial charge in [0.15, 0.2) is 18.2 Å².